The Morgan fingerprint density at radius 1 is 1.12 bits per heavy atom. The molecule has 3 aromatic rings. The van der Waals surface area contributed by atoms with Crippen LogP contribution in [-0.4, -0.2) is 51.1 Å². The van der Waals surface area contributed by atoms with E-state index in [0.717, 1.165) is 5.01 Å². The van der Waals surface area contributed by atoms with Crippen molar-refractivity contribution in [1.82, 2.24) is 15.0 Å². The molecule has 2 aromatic heterocycles. The number of hydrogen-bond acceptors (Lipinski definition) is 8. The van der Waals surface area contributed by atoms with E-state index in [0.29, 0.717) is 41.5 Å². The van der Waals surface area contributed by atoms with Crippen molar-refractivity contribution < 1.29 is 19.1 Å². The fraction of sp³-hybridized carbons (Fsp3) is 0.286. The number of thiazole rings is 1. The van der Waals surface area contributed by atoms with Crippen molar-refractivity contribution in [3.05, 3.63) is 57.6 Å². The number of carbonyl (C=O) groups is 2. The van der Waals surface area contributed by atoms with E-state index in [2.05, 4.69) is 25.6 Å². The lowest BCUT2D eigenvalue weighted by Crippen LogP contribution is -2.22. The standard InChI is InChI=1S/C21H21FN6O3S/c1-11-5-15(22)14(6-16(11)26-21(31)17-7-23-12(2)32-17)20(30)27-18-8-25-19(9-24-18)28-4-3-13(29)10-28/h5-9,13,29H,3-4,10H2,1-2H3,(H,26,31)(H,24,27,30)/t13-/m1/s1. The lowest BCUT2D eigenvalue weighted by Gasteiger charge is -2.16. The maximum absolute atomic E-state index is 14.5. The average molecular weight is 457 g/mol. The Labute approximate surface area is 187 Å². The largest absolute Gasteiger partial charge is 0.391 e. The number of aromatic nitrogens is 3. The topological polar surface area (TPSA) is 120 Å². The number of carbonyl (C=O) groups excluding carboxylic acids is 2. The molecule has 3 N–H and O–H groups in total. The number of aliphatic hydroxyl groups excluding tert-OH is 1. The zero-order valence-corrected chi connectivity index (χ0v) is 18.2. The molecule has 0 spiro atoms. The molecule has 0 saturated carbocycles. The van der Waals surface area contributed by atoms with Crippen molar-refractivity contribution in [3.8, 4) is 0 Å². The average Bonchev–Trinajstić information content (AvgIpc) is 3.39. The molecule has 0 bridgehead atoms. The Balaban J connectivity index is 1.48. The Morgan fingerprint density at radius 2 is 1.94 bits per heavy atom. The molecule has 1 aliphatic rings. The molecule has 32 heavy (non-hydrogen) atoms. The van der Waals surface area contributed by atoms with Crippen LogP contribution in [0.5, 0.6) is 0 Å². The first-order chi connectivity index (χ1) is 15.3. The maximum atomic E-state index is 14.5. The molecule has 1 atom stereocenters. The number of halogens is 1. The number of β-amino-alcohol motifs (C(OH)–C–C–N with tert-alkyl or cyclic N) is 1. The fourth-order valence-electron chi connectivity index (χ4n) is 3.31. The van der Waals surface area contributed by atoms with Crippen LogP contribution in [0.4, 0.5) is 21.7 Å². The van der Waals surface area contributed by atoms with E-state index in [-0.39, 0.29) is 17.3 Å². The summed E-state index contributed by atoms with van der Waals surface area (Å²) in [6.45, 7) is 4.57. The number of hydrogen-bond donors (Lipinski definition) is 3. The van der Waals surface area contributed by atoms with Crippen molar-refractivity contribution in [2.24, 2.45) is 0 Å². The van der Waals surface area contributed by atoms with Crippen molar-refractivity contribution in [3.63, 3.8) is 0 Å². The van der Waals surface area contributed by atoms with Gasteiger partial charge in [-0.05, 0) is 38.0 Å². The molecule has 11 heteroatoms. The van der Waals surface area contributed by atoms with Crippen LogP contribution in [0.2, 0.25) is 0 Å². The first-order valence-electron chi connectivity index (χ1n) is 9.90. The van der Waals surface area contributed by atoms with Crippen molar-refractivity contribution in [2.75, 3.05) is 28.6 Å². The predicted molar refractivity (Wildman–Crippen MR) is 119 cm³/mol. The summed E-state index contributed by atoms with van der Waals surface area (Å²) in [6.07, 6.45) is 4.60. The highest BCUT2D eigenvalue weighted by Crippen LogP contribution is 2.23. The lowest BCUT2D eigenvalue weighted by molar-refractivity contribution is 0.101. The van der Waals surface area contributed by atoms with Gasteiger partial charge in [-0.2, -0.15) is 0 Å². The summed E-state index contributed by atoms with van der Waals surface area (Å²) in [5, 5.41) is 15.6. The first kappa shape index (κ1) is 21.8. The third-order valence-electron chi connectivity index (χ3n) is 5.02. The molecule has 4 rings (SSSR count). The van der Waals surface area contributed by atoms with E-state index in [1.54, 1.807) is 13.8 Å². The van der Waals surface area contributed by atoms with E-state index < -0.39 is 17.8 Å². The number of rotatable bonds is 5. The summed E-state index contributed by atoms with van der Waals surface area (Å²) >= 11 is 1.24. The Kier molecular flexibility index (Phi) is 6.10. The van der Waals surface area contributed by atoms with E-state index in [9.17, 15) is 19.1 Å². The van der Waals surface area contributed by atoms with Crippen LogP contribution >= 0.6 is 11.3 Å². The summed E-state index contributed by atoms with van der Waals surface area (Å²) in [5.41, 5.74) is 0.562. The molecule has 1 fully saturated rings. The second-order valence-corrected chi connectivity index (χ2v) is 8.68. The second-order valence-electron chi connectivity index (χ2n) is 7.45. The minimum atomic E-state index is -0.720. The highest BCUT2D eigenvalue weighted by atomic mass is 32.1. The number of amides is 2. The molecule has 2 amide bonds. The number of anilines is 3. The molecular formula is C21H21FN6O3S. The number of aliphatic hydroxyl groups is 1. The summed E-state index contributed by atoms with van der Waals surface area (Å²) in [6, 6.07) is 2.48. The van der Waals surface area contributed by atoms with Crippen LogP contribution < -0.4 is 15.5 Å². The van der Waals surface area contributed by atoms with Crippen LogP contribution in [0.15, 0.2) is 30.7 Å². The van der Waals surface area contributed by atoms with E-state index in [1.807, 2.05) is 4.90 Å². The van der Waals surface area contributed by atoms with Gasteiger partial charge in [0.25, 0.3) is 11.8 Å². The van der Waals surface area contributed by atoms with E-state index >= 15 is 0 Å². The van der Waals surface area contributed by atoms with Crippen LogP contribution in [-0.2, 0) is 0 Å². The molecule has 0 unspecified atom stereocenters. The van der Waals surface area contributed by atoms with Gasteiger partial charge in [0.1, 0.15) is 16.5 Å². The van der Waals surface area contributed by atoms with Gasteiger partial charge in [-0.25, -0.2) is 19.3 Å². The molecular weight excluding hydrogens is 435 g/mol. The Hall–Kier alpha value is -3.44. The van der Waals surface area contributed by atoms with Gasteiger partial charge in [0.05, 0.1) is 35.3 Å². The Morgan fingerprint density at radius 3 is 2.56 bits per heavy atom. The highest BCUT2D eigenvalue weighted by molar-refractivity contribution is 7.13. The molecule has 1 saturated heterocycles. The zero-order chi connectivity index (χ0) is 22.8. The molecule has 0 radical (unpaired) electrons. The SMILES string of the molecule is Cc1ncc(C(=O)Nc2cc(C(=O)Nc3cnc(N4CC[C@@H](O)C4)cn3)c(F)cc2C)s1. The monoisotopic (exact) mass is 456 g/mol. The van der Waals surface area contributed by atoms with Gasteiger partial charge in [0, 0.05) is 18.8 Å². The van der Waals surface area contributed by atoms with Crippen molar-refractivity contribution >= 4 is 40.5 Å². The van der Waals surface area contributed by atoms with E-state index in [4.69, 9.17) is 0 Å². The first-order valence-corrected chi connectivity index (χ1v) is 10.7. The quantitative estimate of drug-likeness (QED) is 0.540. The molecule has 0 aliphatic carbocycles. The Bertz CT molecular complexity index is 1170. The molecule has 1 aromatic carbocycles. The number of aryl methyl sites for hydroxylation is 2. The van der Waals surface area contributed by atoms with Gasteiger partial charge < -0.3 is 20.6 Å². The third-order valence-corrected chi connectivity index (χ3v) is 5.93. The minimum absolute atomic E-state index is 0.157. The summed E-state index contributed by atoms with van der Waals surface area (Å²) < 4.78 is 14.5. The zero-order valence-electron chi connectivity index (χ0n) is 17.4. The maximum Gasteiger partial charge on any atom is 0.267 e. The van der Waals surface area contributed by atoms with Gasteiger partial charge in [-0.3, -0.25) is 9.59 Å². The molecule has 3 heterocycles. The van der Waals surface area contributed by atoms with Crippen LogP contribution in [0, 0.1) is 19.7 Å². The van der Waals surface area contributed by atoms with Gasteiger partial charge >= 0.3 is 0 Å². The molecule has 166 valence electrons. The van der Waals surface area contributed by atoms with Crippen LogP contribution in [0.3, 0.4) is 0 Å². The van der Waals surface area contributed by atoms with Gasteiger partial charge in [0.15, 0.2) is 5.82 Å². The predicted octanol–water partition coefficient (Wildman–Crippen LogP) is 2.76. The summed E-state index contributed by atoms with van der Waals surface area (Å²) in [5.74, 6) is -1.08. The van der Waals surface area contributed by atoms with Gasteiger partial charge in [0.2, 0.25) is 0 Å². The highest BCUT2D eigenvalue weighted by Gasteiger charge is 2.22. The second kappa shape index (κ2) is 8.97. The summed E-state index contributed by atoms with van der Waals surface area (Å²) in [7, 11) is 0. The minimum Gasteiger partial charge on any atom is -0.391 e. The van der Waals surface area contributed by atoms with Gasteiger partial charge in [-0.1, -0.05) is 0 Å². The summed E-state index contributed by atoms with van der Waals surface area (Å²) in [4.78, 5) is 39.9. The van der Waals surface area contributed by atoms with Crippen molar-refractivity contribution in [1.29, 1.82) is 0 Å². The fourth-order valence-corrected chi connectivity index (χ4v) is 3.99. The smallest absolute Gasteiger partial charge is 0.267 e. The number of nitrogens with zero attached hydrogens (tertiary/aromatic N) is 4. The van der Waals surface area contributed by atoms with Crippen LogP contribution in [0.1, 0.15) is 37.0 Å². The number of nitrogens with one attached hydrogen (secondary N) is 2. The molecule has 1 aliphatic heterocycles. The normalized spacial score (nSPS) is 15.6. The lowest BCUT2D eigenvalue weighted by atomic mass is 10.1. The van der Waals surface area contributed by atoms with E-state index in [1.165, 1.54) is 42.1 Å². The third kappa shape index (κ3) is 4.73. The van der Waals surface area contributed by atoms with Crippen LogP contribution in [0.25, 0.3) is 0 Å². The van der Waals surface area contributed by atoms with Gasteiger partial charge in [-0.15, -0.1) is 11.3 Å². The number of benzene rings is 1. The van der Waals surface area contributed by atoms with Crippen molar-refractivity contribution in [2.45, 2.75) is 26.4 Å². The molecule has 9 nitrogen and oxygen atoms in total.